The molecule has 4 nitrogen and oxygen atoms in total. The third-order valence-electron chi connectivity index (χ3n) is 5.46. The first-order valence-electron chi connectivity index (χ1n) is 11.2. The van der Waals surface area contributed by atoms with E-state index in [1.165, 1.54) is 28.7 Å². The van der Waals surface area contributed by atoms with Gasteiger partial charge in [0.2, 0.25) is 0 Å². The Hall–Kier alpha value is -1.33. The van der Waals surface area contributed by atoms with Gasteiger partial charge in [-0.2, -0.15) is 0 Å². The Bertz CT molecular complexity index is 689. The molecule has 0 aromatic heterocycles. The lowest BCUT2D eigenvalue weighted by Gasteiger charge is -2.06. The van der Waals surface area contributed by atoms with Crippen LogP contribution in [-0.4, -0.2) is 42.6 Å². The third kappa shape index (κ3) is 10.1. The van der Waals surface area contributed by atoms with Crippen molar-refractivity contribution in [2.24, 2.45) is 16.8 Å². The number of hydrogen-bond donors (Lipinski definition) is 0. The summed E-state index contributed by atoms with van der Waals surface area (Å²) in [6, 6.07) is 0.264. The average molecular weight is 434 g/mol. The van der Waals surface area contributed by atoms with E-state index in [4.69, 9.17) is 14.5 Å². The number of hydrogen-bond acceptors (Lipinski definition) is 5. The van der Waals surface area contributed by atoms with Crippen LogP contribution in [0.1, 0.15) is 66.7 Å². The highest BCUT2D eigenvalue weighted by molar-refractivity contribution is 8.14. The fraction of sp³-hybridized carbons (Fsp3) is 0.680. The summed E-state index contributed by atoms with van der Waals surface area (Å²) in [6.07, 6.45) is 12.5. The summed E-state index contributed by atoms with van der Waals surface area (Å²) in [5.74, 6) is 1.78. The summed E-state index contributed by atoms with van der Waals surface area (Å²) in [7, 11) is 0. The van der Waals surface area contributed by atoms with E-state index in [9.17, 15) is 4.79 Å². The molecule has 2 rings (SSSR count). The Morgan fingerprint density at radius 2 is 1.73 bits per heavy atom. The van der Waals surface area contributed by atoms with Gasteiger partial charge in [0.25, 0.3) is 0 Å². The Morgan fingerprint density at radius 1 is 1.03 bits per heavy atom. The van der Waals surface area contributed by atoms with Gasteiger partial charge in [0.15, 0.2) is 0 Å². The van der Waals surface area contributed by atoms with Crippen molar-refractivity contribution in [3.05, 3.63) is 34.9 Å². The molecule has 0 spiro atoms. The number of ether oxygens (including phenoxy) is 2. The average Bonchev–Trinajstić information content (AvgIpc) is 3.31. The molecule has 0 unspecified atom stereocenters. The van der Waals surface area contributed by atoms with Gasteiger partial charge in [0, 0.05) is 24.5 Å². The van der Waals surface area contributed by atoms with Gasteiger partial charge in [-0.25, -0.2) is 0 Å². The van der Waals surface area contributed by atoms with Gasteiger partial charge >= 0.3 is 5.97 Å². The normalized spacial score (nSPS) is 23.9. The second kappa shape index (κ2) is 13.2. The quantitative estimate of drug-likeness (QED) is 0.199. The van der Waals surface area contributed by atoms with Crippen molar-refractivity contribution in [1.82, 2.24) is 0 Å². The molecule has 1 fully saturated rings. The maximum Gasteiger partial charge on any atom is 0.302 e. The summed E-state index contributed by atoms with van der Waals surface area (Å²) in [6.45, 7) is 12.1. The predicted octanol–water partition coefficient (Wildman–Crippen LogP) is 6.14. The van der Waals surface area contributed by atoms with E-state index in [0.717, 1.165) is 37.9 Å². The second-order valence-electron chi connectivity index (χ2n) is 8.83. The lowest BCUT2D eigenvalue weighted by Crippen LogP contribution is -2.13. The fourth-order valence-electron chi connectivity index (χ4n) is 3.43. The minimum atomic E-state index is -0.193. The zero-order chi connectivity index (χ0) is 21.9. The van der Waals surface area contributed by atoms with E-state index in [1.54, 1.807) is 0 Å². The van der Waals surface area contributed by atoms with Crippen LogP contribution in [0.15, 0.2) is 39.9 Å². The molecular weight excluding hydrogens is 394 g/mol. The van der Waals surface area contributed by atoms with E-state index in [2.05, 4.69) is 45.9 Å². The van der Waals surface area contributed by atoms with Crippen LogP contribution < -0.4 is 0 Å². The summed E-state index contributed by atoms with van der Waals surface area (Å²) < 4.78 is 11.0. The van der Waals surface area contributed by atoms with Gasteiger partial charge in [0.05, 0.1) is 30.9 Å². The minimum absolute atomic E-state index is 0.193. The minimum Gasteiger partial charge on any atom is -0.466 e. The highest BCUT2D eigenvalue weighted by atomic mass is 32.2. The maximum absolute atomic E-state index is 10.9. The van der Waals surface area contributed by atoms with Crippen molar-refractivity contribution in [1.29, 1.82) is 0 Å². The summed E-state index contributed by atoms with van der Waals surface area (Å²) in [5, 5.41) is 1.24. The number of allylic oxidation sites excluding steroid dienone is 5. The van der Waals surface area contributed by atoms with Crippen LogP contribution in [0.25, 0.3) is 0 Å². The van der Waals surface area contributed by atoms with Gasteiger partial charge in [-0.05, 0) is 59.8 Å². The van der Waals surface area contributed by atoms with Crippen molar-refractivity contribution < 1.29 is 14.3 Å². The first-order chi connectivity index (χ1) is 14.3. The van der Waals surface area contributed by atoms with Gasteiger partial charge in [-0.3, -0.25) is 9.79 Å². The van der Waals surface area contributed by atoms with E-state index in [1.807, 2.05) is 11.8 Å². The molecule has 0 N–H and O–H groups in total. The highest BCUT2D eigenvalue weighted by Crippen LogP contribution is 2.44. The number of esters is 1. The zero-order valence-electron chi connectivity index (χ0n) is 19.4. The molecule has 0 aromatic rings. The number of carbonyl (C=O) groups excluding carboxylic acids is 1. The number of aliphatic imine (C=N–C) groups is 1. The molecule has 0 amide bonds. The Kier molecular flexibility index (Phi) is 10.9. The van der Waals surface area contributed by atoms with Gasteiger partial charge < -0.3 is 9.47 Å². The van der Waals surface area contributed by atoms with Crippen LogP contribution in [0.3, 0.4) is 0 Å². The van der Waals surface area contributed by atoms with Gasteiger partial charge in [0.1, 0.15) is 0 Å². The Balaban J connectivity index is 1.57. The molecule has 0 saturated heterocycles. The fourth-order valence-corrected chi connectivity index (χ4v) is 4.69. The van der Waals surface area contributed by atoms with Crippen molar-refractivity contribution in [2.45, 2.75) is 72.8 Å². The van der Waals surface area contributed by atoms with Crippen molar-refractivity contribution in [3.8, 4) is 0 Å². The molecule has 3 atom stereocenters. The zero-order valence-corrected chi connectivity index (χ0v) is 20.2. The number of rotatable bonds is 13. The summed E-state index contributed by atoms with van der Waals surface area (Å²) in [5.41, 5.74) is 4.27. The van der Waals surface area contributed by atoms with Crippen LogP contribution in [0.2, 0.25) is 0 Å². The standard InChI is InChI=1S/C25H39NO3S/c1-18(2)8-6-9-19(3)10-7-11-20(4)12-13-28-16-23-17-30-25(26-23)24-14-22(24)15-29-21(5)27/h8,10,12,22-24H,6-7,9,11,13-17H2,1-5H3/b19-10+,20-12+/t22-,23-,24-/m1/s1. The lowest BCUT2D eigenvalue weighted by molar-refractivity contribution is -0.141. The molecule has 5 heteroatoms. The Labute approximate surface area is 187 Å². The van der Waals surface area contributed by atoms with E-state index < -0.39 is 0 Å². The molecule has 1 saturated carbocycles. The molecule has 0 aromatic carbocycles. The first-order valence-corrected chi connectivity index (χ1v) is 12.2. The third-order valence-corrected chi connectivity index (χ3v) is 6.71. The molecule has 1 aliphatic heterocycles. The molecule has 30 heavy (non-hydrogen) atoms. The van der Waals surface area contributed by atoms with Crippen molar-refractivity contribution in [2.75, 3.05) is 25.6 Å². The lowest BCUT2D eigenvalue weighted by atomic mass is 10.1. The number of carbonyl (C=O) groups is 1. The maximum atomic E-state index is 10.9. The second-order valence-corrected chi connectivity index (χ2v) is 9.87. The monoisotopic (exact) mass is 433 g/mol. The van der Waals surface area contributed by atoms with Crippen LogP contribution in [0.5, 0.6) is 0 Å². The molecule has 1 heterocycles. The molecular formula is C25H39NO3S. The predicted molar refractivity (Wildman–Crippen MR) is 128 cm³/mol. The van der Waals surface area contributed by atoms with Crippen LogP contribution >= 0.6 is 11.8 Å². The van der Waals surface area contributed by atoms with E-state index in [-0.39, 0.29) is 12.0 Å². The largest absolute Gasteiger partial charge is 0.466 e. The van der Waals surface area contributed by atoms with Gasteiger partial charge in [-0.15, -0.1) is 11.8 Å². The van der Waals surface area contributed by atoms with Crippen LogP contribution in [-0.2, 0) is 14.3 Å². The van der Waals surface area contributed by atoms with E-state index >= 15 is 0 Å². The number of nitrogens with zero attached hydrogens (tertiary/aromatic N) is 1. The molecule has 0 radical (unpaired) electrons. The van der Waals surface area contributed by atoms with Crippen LogP contribution in [0.4, 0.5) is 0 Å². The Morgan fingerprint density at radius 3 is 2.43 bits per heavy atom. The SMILES string of the molecule is CC(=O)OC[C@H]1C[C@H]1C1=N[C@H](COC/C=C(\C)CC/C=C(\C)CCC=C(C)C)CS1. The molecule has 168 valence electrons. The molecule has 2 aliphatic rings. The van der Waals surface area contributed by atoms with Crippen molar-refractivity contribution in [3.63, 3.8) is 0 Å². The highest BCUT2D eigenvalue weighted by Gasteiger charge is 2.43. The topological polar surface area (TPSA) is 47.9 Å². The number of thioether (sulfide) groups is 1. The van der Waals surface area contributed by atoms with Crippen molar-refractivity contribution >= 4 is 22.8 Å². The first kappa shape index (κ1) is 24.9. The smallest absolute Gasteiger partial charge is 0.302 e. The van der Waals surface area contributed by atoms with E-state index in [0.29, 0.717) is 31.7 Å². The summed E-state index contributed by atoms with van der Waals surface area (Å²) >= 11 is 1.85. The molecule has 0 bridgehead atoms. The van der Waals surface area contributed by atoms with Gasteiger partial charge in [-0.1, -0.05) is 34.9 Å². The van der Waals surface area contributed by atoms with Crippen LogP contribution in [0, 0.1) is 11.8 Å². The summed E-state index contributed by atoms with van der Waals surface area (Å²) in [4.78, 5) is 15.7. The molecule has 1 aliphatic carbocycles.